The van der Waals surface area contributed by atoms with E-state index >= 15 is 0 Å². The van der Waals surface area contributed by atoms with Gasteiger partial charge >= 0.3 is 5.97 Å². The Morgan fingerprint density at radius 1 is 1.04 bits per heavy atom. The van der Waals surface area contributed by atoms with Gasteiger partial charge in [-0.25, -0.2) is 4.79 Å². The van der Waals surface area contributed by atoms with Crippen molar-refractivity contribution in [2.45, 2.75) is 13.0 Å². The molecule has 0 aliphatic carbocycles. The van der Waals surface area contributed by atoms with Gasteiger partial charge in [-0.3, -0.25) is 9.67 Å². The molecule has 0 fully saturated rings. The number of aromatic nitrogens is 3. The Bertz CT molecular complexity index is 898. The van der Waals surface area contributed by atoms with Gasteiger partial charge in [0.25, 0.3) is 0 Å². The van der Waals surface area contributed by atoms with Gasteiger partial charge in [0, 0.05) is 23.9 Å². The highest BCUT2D eigenvalue weighted by Gasteiger charge is 2.15. The minimum Gasteiger partial charge on any atom is -0.508 e. The minimum atomic E-state index is -1.02. The number of hydrogen-bond donors (Lipinski definition) is 3. The van der Waals surface area contributed by atoms with Gasteiger partial charge in [0.15, 0.2) is 0 Å². The van der Waals surface area contributed by atoms with Crippen molar-refractivity contribution in [2.24, 2.45) is 5.73 Å². The number of nitrogens with zero attached hydrogens (tertiary/aromatic N) is 3. The number of pyridine rings is 1. The van der Waals surface area contributed by atoms with E-state index in [0.29, 0.717) is 30.9 Å². The number of aromatic hydroxyl groups is 1. The molecule has 3 aromatic rings. The lowest BCUT2D eigenvalue weighted by molar-refractivity contribution is 0.0683. The van der Waals surface area contributed by atoms with Crippen molar-refractivity contribution in [3.8, 4) is 28.3 Å². The molecule has 0 bridgehead atoms. The van der Waals surface area contributed by atoms with Crippen LogP contribution >= 0.6 is 24.8 Å². The van der Waals surface area contributed by atoms with Crippen LogP contribution in [-0.2, 0) is 6.54 Å². The fraction of sp³-hybridized carbons (Fsp3) is 0.167. The van der Waals surface area contributed by atoms with Gasteiger partial charge in [-0.2, -0.15) is 5.10 Å². The zero-order chi connectivity index (χ0) is 17.8. The van der Waals surface area contributed by atoms with E-state index in [2.05, 4.69) is 10.1 Å². The average Bonchev–Trinajstić information content (AvgIpc) is 3.05. The number of aromatic carboxylic acids is 1. The first-order chi connectivity index (χ1) is 12.1. The monoisotopic (exact) mass is 410 g/mol. The van der Waals surface area contributed by atoms with Crippen LogP contribution in [0.4, 0.5) is 0 Å². The zero-order valence-electron chi connectivity index (χ0n) is 14.3. The van der Waals surface area contributed by atoms with Crippen LogP contribution in [0.5, 0.6) is 5.75 Å². The van der Waals surface area contributed by atoms with Gasteiger partial charge in [0.2, 0.25) is 0 Å². The van der Waals surface area contributed by atoms with E-state index in [1.165, 1.54) is 4.68 Å². The first-order valence-corrected chi connectivity index (χ1v) is 7.85. The number of phenolic OH excluding ortho intramolecular Hbond substituents is 1. The molecule has 1 aromatic carbocycles. The molecule has 0 aliphatic rings. The van der Waals surface area contributed by atoms with Crippen molar-refractivity contribution in [1.29, 1.82) is 0 Å². The van der Waals surface area contributed by atoms with Crippen LogP contribution < -0.4 is 5.73 Å². The predicted molar refractivity (Wildman–Crippen MR) is 108 cm³/mol. The van der Waals surface area contributed by atoms with Crippen LogP contribution in [0.1, 0.15) is 16.9 Å². The fourth-order valence-corrected chi connectivity index (χ4v) is 2.52. The summed E-state index contributed by atoms with van der Waals surface area (Å²) in [4.78, 5) is 15.8. The second-order valence-corrected chi connectivity index (χ2v) is 5.56. The maximum Gasteiger partial charge on any atom is 0.354 e. The molecule has 0 radical (unpaired) electrons. The Morgan fingerprint density at radius 3 is 2.37 bits per heavy atom. The predicted octanol–water partition coefficient (Wildman–Crippen LogP) is 3.21. The van der Waals surface area contributed by atoms with Gasteiger partial charge in [-0.05, 0) is 55.4 Å². The lowest BCUT2D eigenvalue weighted by Gasteiger charge is -2.04. The van der Waals surface area contributed by atoms with E-state index in [4.69, 9.17) is 5.73 Å². The zero-order valence-corrected chi connectivity index (χ0v) is 15.9. The molecule has 27 heavy (non-hydrogen) atoms. The summed E-state index contributed by atoms with van der Waals surface area (Å²) in [5.74, 6) is -0.840. The van der Waals surface area contributed by atoms with Crippen LogP contribution in [-0.4, -0.2) is 37.5 Å². The Labute approximate surface area is 168 Å². The molecule has 9 heteroatoms. The maximum atomic E-state index is 11.4. The van der Waals surface area contributed by atoms with E-state index in [-0.39, 0.29) is 36.3 Å². The number of carboxylic acids is 1. The third-order valence-corrected chi connectivity index (χ3v) is 3.79. The number of rotatable bonds is 6. The first-order valence-electron chi connectivity index (χ1n) is 7.85. The molecular formula is C18H20Cl2N4O3. The molecule has 3 rings (SSSR count). The molecule has 2 heterocycles. The van der Waals surface area contributed by atoms with Crippen LogP contribution in [0.3, 0.4) is 0 Å². The maximum absolute atomic E-state index is 11.4. The average molecular weight is 411 g/mol. The standard InChI is InChI=1S/C18H18N4O3.2ClH/c19-7-1-9-22-17(18(24)25)11-16(21-22)13-6-8-20-15(10-13)12-2-4-14(23)5-3-12;;/h2-6,8,10-11,23H,1,7,9,19H2,(H,24,25);2*1H. The van der Waals surface area contributed by atoms with Gasteiger partial charge in [0.05, 0.1) is 11.4 Å². The molecule has 0 atom stereocenters. The first kappa shape index (κ1) is 22.4. The molecule has 0 unspecified atom stereocenters. The third-order valence-electron chi connectivity index (χ3n) is 3.79. The molecule has 0 spiro atoms. The second kappa shape index (κ2) is 9.91. The minimum absolute atomic E-state index is 0. The van der Waals surface area contributed by atoms with Crippen LogP contribution in [0.25, 0.3) is 22.5 Å². The number of benzene rings is 1. The molecular weight excluding hydrogens is 391 g/mol. The van der Waals surface area contributed by atoms with Crippen LogP contribution in [0.15, 0.2) is 48.7 Å². The Morgan fingerprint density at radius 2 is 1.74 bits per heavy atom. The third kappa shape index (κ3) is 5.19. The van der Waals surface area contributed by atoms with Crippen LogP contribution in [0.2, 0.25) is 0 Å². The summed E-state index contributed by atoms with van der Waals surface area (Å²) in [5.41, 5.74) is 8.53. The van der Waals surface area contributed by atoms with E-state index in [9.17, 15) is 15.0 Å². The Kier molecular flexibility index (Phi) is 8.24. The number of carboxylic acid groups (broad SMARTS) is 1. The number of carbonyl (C=O) groups is 1. The Hall–Kier alpha value is -2.61. The van der Waals surface area contributed by atoms with Crippen molar-refractivity contribution >= 4 is 30.8 Å². The van der Waals surface area contributed by atoms with E-state index < -0.39 is 5.97 Å². The topological polar surface area (TPSA) is 114 Å². The summed E-state index contributed by atoms with van der Waals surface area (Å²) < 4.78 is 1.46. The molecule has 7 nitrogen and oxygen atoms in total. The van der Waals surface area contributed by atoms with Gasteiger partial charge in [-0.1, -0.05) is 0 Å². The highest BCUT2D eigenvalue weighted by molar-refractivity contribution is 5.87. The highest BCUT2D eigenvalue weighted by atomic mass is 35.5. The molecule has 144 valence electrons. The summed E-state index contributed by atoms with van der Waals surface area (Å²) in [6.07, 6.45) is 2.30. The molecule has 2 aromatic heterocycles. The highest BCUT2D eigenvalue weighted by Crippen LogP contribution is 2.25. The molecule has 0 saturated carbocycles. The quantitative estimate of drug-likeness (QED) is 0.574. The lowest BCUT2D eigenvalue weighted by atomic mass is 10.1. The number of nitrogens with two attached hydrogens (primary N) is 1. The van der Waals surface area contributed by atoms with Gasteiger partial charge in [0.1, 0.15) is 11.4 Å². The van der Waals surface area contributed by atoms with E-state index in [1.54, 1.807) is 42.6 Å². The number of aryl methyl sites for hydroxylation is 1. The molecule has 0 aliphatic heterocycles. The van der Waals surface area contributed by atoms with Gasteiger partial charge in [-0.15, -0.1) is 24.8 Å². The number of hydrogen-bond acceptors (Lipinski definition) is 5. The van der Waals surface area contributed by atoms with E-state index in [1.807, 2.05) is 6.07 Å². The summed E-state index contributed by atoms with van der Waals surface area (Å²) in [6, 6.07) is 11.9. The summed E-state index contributed by atoms with van der Waals surface area (Å²) in [7, 11) is 0. The van der Waals surface area contributed by atoms with Gasteiger partial charge < -0.3 is 15.9 Å². The molecule has 0 saturated heterocycles. The summed E-state index contributed by atoms with van der Waals surface area (Å²) in [5, 5.41) is 23.2. The number of halogens is 2. The normalized spacial score (nSPS) is 9.96. The van der Waals surface area contributed by atoms with Crippen molar-refractivity contribution in [3.63, 3.8) is 0 Å². The summed E-state index contributed by atoms with van der Waals surface area (Å²) in [6.45, 7) is 0.919. The Balaban J connectivity index is 0.00000182. The van der Waals surface area contributed by atoms with E-state index in [0.717, 1.165) is 11.1 Å². The SMILES string of the molecule is Cl.Cl.NCCCn1nc(-c2ccnc(-c3ccc(O)cc3)c2)cc1C(=O)O. The lowest BCUT2D eigenvalue weighted by Crippen LogP contribution is -2.12. The van der Waals surface area contributed by atoms with Crippen LogP contribution in [0, 0.1) is 0 Å². The molecule has 4 N–H and O–H groups in total. The summed E-state index contributed by atoms with van der Waals surface area (Å²) >= 11 is 0. The number of phenols is 1. The smallest absolute Gasteiger partial charge is 0.354 e. The van der Waals surface area contributed by atoms with Crippen molar-refractivity contribution in [3.05, 3.63) is 54.4 Å². The second-order valence-electron chi connectivity index (χ2n) is 5.56. The van der Waals surface area contributed by atoms with Crippen molar-refractivity contribution < 1.29 is 15.0 Å². The largest absolute Gasteiger partial charge is 0.508 e. The van der Waals surface area contributed by atoms with Crippen molar-refractivity contribution in [2.75, 3.05) is 6.54 Å². The fourth-order valence-electron chi connectivity index (χ4n) is 2.52. The molecule has 0 amide bonds. The van der Waals surface area contributed by atoms with Crippen molar-refractivity contribution in [1.82, 2.24) is 14.8 Å².